The second kappa shape index (κ2) is 9.63. The van der Waals surface area contributed by atoms with Crippen molar-refractivity contribution in [3.05, 3.63) is 28.7 Å². The average molecular weight is 386 g/mol. The second-order valence-electron chi connectivity index (χ2n) is 6.88. The molecule has 0 aliphatic rings. The highest BCUT2D eigenvalue weighted by Crippen LogP contribution is 2.25. The van der Waals surface area contributed by atoms with Crippen molar-refractivity contribution in [2.75, 3.05) is 19.5 Å². The predicted molar refractivity (Wildman–Crippen MR) is 100 cm³/mol. The van der Waals surface area contributed by atoms with Crippen molar-refractivity contribution in [1.82, 2.24) is 0 Å². The van der Waals surface area contributed by atoms with Crippen LogP contribution in [0.25, 0.3) is 0 Å². The third kappa shape index (κ3) is 8.91. The van der Waals surface area contributed by atoms with Gasteiger partial charge in [0.15, 0.2) is 0 Å². The first-order valence-corrected chi connectivity index (χ1v) is 10.3. The third-order valence-electron chi connectivity index (χ3n) is 2.97. The van der Waals surface area contributed by atoms with Crippen LogP contribution in [0.4, 0.5) is 10.5 Å². The van der Waals surface area contributed by atoms with Crippen LogP contribution in [0.2, 0.25) is 0 Å². The van der Waals surface area contributed by atoms with Crippen LogP contribution in [0.15, 0.2) is 27.7 Å². The minimum Gasteiger partial charge on any atom is -0.494 e. The van der Waals surface area contributed by atoms with E-state index in [1.54, 1.807) is 26.8 Å². The molecule has 8 nitrogen and oxygen atoms in total. The number of ether oxygens (including phenoxy) is 2. The fourth-order valence-corrected chi connectivity index (χ4v) is 3.25. The quantitative estimate of drug-likeness (QED) is 0.537. The van der Waals surface area contributed by atoms with E-state index >= 15 is 0 Å². The van der Waals surface area contributed by atoms with Gasteiger partial charge in [0.25, 0.3) is 0 Å². The lowest BCUT2D eigenvalue weighted by Crippen LogP contribution is -2.22. The molecule has 0 saturated heterocycles. The van der Waals surface area contributed by atoms with E-state index in [1.165, 1.54) is 18.4 Å². The maximum Gasteiger partial charge on any atom is 0.442 e. The Hall–Kier alpha value is -2.00. The zero-order chi connectivity index (χ0) is 19.8. The molecule has 1 atom stereocenters. The van der Waals surface area contributed by atoms with Crippen molar-refractivity contribution in [3.8, 4) is 5.75 Å². The molecule has 1 rings (SSSR count). The van der Waals surface area contributed by atoms with Crippen LogP contribution in [0.5, 0.6) is 5.75 Å². The van der Waals surface area contributed by atoms with E-state index in [-0.39, 0.29) is 18.0 Å². The van der Waals surface area contributed by atoms with E-state index in [4.69, 9.17) is 14.6 Å². The molecule has 0 aromatic heterocycles. The number of hydrogen-bond acceptors (Lipinski definition) is 7. The highest BCUT2D eigenvalue weighted by atomic mass is 32.2. The van der Waals surface area contributed by atoms with Gasteiger partial charge in [-0.05, 0) is 56.5 Å². The lowest BCUT2D eigenvalue weighted by molar-refractivity contribution is 0.0607. The van der Waals surface area contributed by atoms with E-state index in [0.29, 0.717) is 30.8 Å². The van der Waals surface area contributed by atoms with E-state index in [2.05, 4.69) is 9.54 Å². The standard InChI is InChI=1S/C17H26N2O6S/c1-17(2,3)25-16(21)19-26(4,23)12-13-9-14(18-22)11-15(10-13)24-8-6-5-7-20/h9-11,20H,5-8,12H2,1-4H3. The Balaban J connectivity index is 2.94. The molecule has 0 radical (unpaired) electrons. The molecule has 0 aliphatic heterocycles. The lowest BCUT2D eigenvalue weighted by Gasteiger charge is -2.17. The molecular formula is C17H26N2O6S. The summed E-state index contributed by atoms with van der Waals surface area (Å²) in [5.74, 6) is 0.352. The van der Waals surface area contributed by atoms with Gasteiger partial charge in [-0.2, -0.15) is 0 Å². The van der Waals surface area contributed by atoms with Crippen LogP contribution < -0.4 is 4.74 Å². The summed E-state index contributed by atoms with van der Waals surface area (Å²) in [5.41, 5.74) is -0.0845. The first-order valence-electron chi connectivity index (χ1n) is 8.18. The zero-order valence-corrected chi connectivity index (χ0v) is 16.4. The molecule has 26 heavy (non-hydrogen) atoms. The highest BCUT2D eigenvalue weighted by molar-refractivity contribution is 7.92. The molecule has 1 N–H and O–H groups in total. The van der Waals surface area contributed by atoms with E-state index in [1.807, 2.05) is 0 Å². The fourth-order valence-electron chi connectivity index (χ4n) is 2.05. The number of nitrogens with zero attached hydrogens (tertiary/aromatic N) is 2. The first kappa shape index (κ1) is 22.0. The summed E-state index contributed by atoms with van der Waals surface area (Å²) in [6.07, 6.45) is 1.72. The molecule has 0 aliphatic carbocycles. The molecule has 1 aromatic rings. The molecule has 0 saturated carbocycles. The smallest absolute Gasteiger partial charge is 0.442 e. The summed E-state index contributed by atoms with van der Waals surface area (Å²) in [4.78, 5) is 22.7. The van der Waals surface area contributed by atoms with Gasteiger partial charge in [-0.3, -0.25) is 0 Å². The van der Waals surface area contributed by atoms with E-state index in [9.17, 15) is 13.9 Å². The van der Waals surface area contributed by atoms with Gasteiger partial charge >= 0.3 is 6.09 Å². The predicted octanol–water partition coefficient (Wildman–Crippen LogP) is 3.77. The van der Waals surface area contributed by atoms with Gasteiger partial charge in [-0.25, -0.2) is 9.00 Å². The van der Waals surface area contributed by atoms with Crippen LogP contribution in [-0.4, -0.2) is 40.5 Å². The number of benzene rings is 1. The maximum atomic E-state index is 12.6. The van der Waals surface area contributed by atoms with Crippen LogP contribution in [0.3, 0.4) is 0 Å². The van der Waals surface area contributed by atoms with Gasteiger partial charge in [0.2, 0.25) is 0 Å². The third-order valence-corrected chi connectivity index (χ3v) is 4.38. The fraction of sp³-hybridized carbons (Fsp3) is 0.588. The number of aliphatic hydroxyl groups is 1. The summed E-state index contributed by atoms with van der Waals surface area (Å²) < 4.78 is 26.9. The first-order chi connectivity index (χ1) is 12.0. The van der Waals surface area contributed by atoms with Crippen molar-refractivity contribution in [2.45, 2.75) is 45.0 Å². The summed E-state index contributed by atoms with van der Waals surface area (Å²) >= 11 is 0. The monoisotopic (exact) mass is 386 g/mol. The van der Waals surface area contributed by atoms with Gasteiger partial charge in [0, 0.05) is 18.9 Å². The SMILES string of the molecule is CC(C)(C)OC(=O)N=S(C)(=O)Cc1cc(N=O)cc(OCCCCO)c1. The number of hydrogen-bond donors (Lipinski definition) is 1. The zero-order valence-electron chi connectivity index (χ0n) is 15.6. The number of unbranched alkanes of at least 4 members (excludes halogenated alkanes) is 1. The molecule has 0 bridgehead atoms. The largest absolute Gasteiger partial charge is 0.494 e. The van der Waals surface area contributed by atoms with Crippen molar-refractivity contribution in [1.29, 1.82) is 0 Å². The van der Waals surface area contributed by atoms with Crippen LogP contribution in [0.1, 0.15) is 39.2 Å². The topological polar surface area (TPSA) is 115 Å². The molecule has 1 unspecified atom stereocenters. The van der Waals surface area contributed by atoms with Crippen LogP contribution in [-0.2, 0) is 20.2 Å². The molecule has 146 valence electrons. The van der Waals surface area contributed by atoms with Gasteiger partial charge in [0.1, 0.15) is 17.0 Å². The average Bonchev–Trinajstić information content (AvgIpc) is 2.48. The van der Waals surface area contributed by atoms with Crippen LogP contribution >= 0.6 is 0 Å². The number of amides is 1. The Morgan fingerprint density at radius 1 is 1.23 bits per heavy atom. The summed E-state index contributed by atoms with van der Waals surface area (Å²) in [6, 6.07) is 4.57. The van der Waals surface area contributed by atoms with E-state index in [0.717, 1.165) is 0 Å². The number of rotatable bonds is 8. The minimum absolute atomic E-state index is 0.0530. The van der Waals surface area contributed by atoms with Crippen molar-refractivity contribution in [3.63, 3.8) is 0 Å². The number of carbonyl (C=O) groups excluding carboxylic acids is 1. The molecule has 0 fully saturated rings. The molecule has 9 heteroatoms. The van der Waals surface area contributed by atoms with Gasteiger partial charge < -0.3 is 14.6 Å². The van der Waals surface area contributed by atoms with E-state index < -0.39 is 21.4 Å². The molecule has 0 heterocycles. The Labute approximate surface area is 154 Å². The Morgan fingerprint density at radius 3 is 2.50 bits per heavy atom. The van der Waals surface area contributed by atoms with Crippen LogP contribution in [0, 0.1) is 4.91 Å². The molecule has 1 amide bonds. The van der Waals surface area contributed by atoms with Gasteiger partial charge in [0.05, 0.1) is 22.1 Å². The molecule has 1 aromatic carbocycles. The Morgan fingerprint density at radius 2 is 1.92 bits per heavy atom. The minimum atomic E-state index is -2.91. The van der Waals surface area contributed by atoms with Gasteiger partial charge in [-0.15, -0.1) is 9.27 Å². The number of carbonyl (C=O) groups is 1. The second-order valence-corrected chi connectivity index (χ2v) is 9.27. The Bertz CT molecular complexity index is 748. The highest BCUT2D eigenvalue weighted by Gasteiger charge is 2.18. The molecule has 0 spiro atoms. The number of nitroso groups, excluding NO2 is 1. The van der Waals surface area contributed by atoms with Crippen molar-refractivity contribution >= 4 is 21.5 Å². The maximum absolute atomic E-state index is 12.6. The van der Waals surface area contributed by atoms with Crippen molar-refractivity contribution in [2.24, 2.45) is 9.54 Å². The lowest BCUT2D eigenvalue weighted by atomic mass is 10.2. The molecular weight excluding hydrogens is 360 g/mol. The van der Waals surface area contributed by atoms with Gasteiger partial charge in [-0.1, -0.05) is 0 Å². The Kier molecular flexibility index (Phi) is 8.16. The normalized spacial score (nSPS) is 13.6. The summed E-state index contributed by atoms with van der Waals surface area (Å²) in [7, 11) is -2.91. The van der Waals surface area contributed by atoms with Crippen molar-refractivity contribution < 1.29 is 23.6 Å². The number of aliphatic hydroxyl groups excluding tert-OH is 1. The summed E-state index contributed by atoms with van der Waals surface area (Å²) in [6.45, 7) is 5.52. The summed E-state index contributed by atoms with van der Waals surface area (Å²) in [5, 5.41) is 11.7.